The summed E-state index contributed by atoms with van der Waals surface area (Å²) >= 11 is 0. The largest absolute Gasteiger partial charge is 0.392 e. The molecule has 1 aliphatic rings. The van der Waals surface area contributed by atoms with E-state index in [1.165, 1.54) is 0 Å². The van der Waals surface area contributed by atoms with Gasteiger partial charge in [-0.3, -0.25) is 10.7 Å². The van der Waals surface area contributed by atoms with Crippen molar-refractivity contribution in [3.05, 3.63) is 48.4 Å². The maximum absolute atomic E-state index is 9.56. The Balaban J connectivity index is 1.57. The number of hydroxylamine groups is 1. The summed E-state index contributed by atoms with van der Waals surface area (Å²) in [6.07, 6.45) is 6.78. The number of aryl methyl sites for hydroxylation is 1. The number of anilines is 1. The number of fused-ring (bicyclic) bond motifs is 1. The van der Waals surface area contributed by atoms with Gasteiger partial charge < -0.3 is 19.3 Å². The van der Waals surface area contributed by atoms with E-state index in [1.807, 2.05) is 30.6 Å². The number of aliphatic hydroxyl groups excluding tert-OH is 1. The Bertz CT molecular complexity index is 1080. The van der Waals surface area contributed by atoms with Crippen LogP contribution in [-0.4, -0.2) is 56.1 Å². The Morgan fingerprint density at radius 1 is 1.12 bits per heavy atom. The molecule has 1 saturated heterocycles. The SMILES string of the molecule is C=C(CCCCCCn1cnc2c(N3CCOCC3)nc(-c3cccc(CO)c3)nc21)NO. The summed E-state index contributed by atoms with van der Waals surface area (Å²) in [5, 5.41) is 18.4. The predicted octanol–water partition coefficient (Wildman–Crippen LogP) is 3.27. The summed E-state index contributed by atoms with van der Waals surface area (Å²) in [4.78, 5) is 16.7. The van der Waals surface area contributed by atoms with Gasteiger partial charge in [0.2, 0.25) is 0 Å². The van der Waals surface area contributed by atoms with Gasteiger partial charge in [-0.05, 0) is 30.9 Å². The topological polar surface area (TPSA) is 109 Å². The number of hydrogen-bond donors (Lipinski definition) is 3. The molecule has 0 aliphatic carbocycles. The second kappa shape index (κ2) is 11.2. The van der Waals surface area contributed by atoms with Crippen LogP contribution >= 0.6 is 0 Å². The van der Waals surface area contributed by atoms with Gasteiger partial charge in [-0.1, -0.05) is 37.6 Å². The Labute approximate surface area is 193 Å². The molecule has 9 heteroatoms. The lowest BCUT2D eigenvalue weighted by Crippen LogP contribution is -2.37. The maximum Gasteiger partial charge on any atom is 0.166 e. The van der Waals surface area contributed by atoms with Crippen LogP contribution < -0.4 is 10.4 Å². The zero-order chi connectivity index (χ0) is 23.0. The molecule has 9 nitrogen and oxygen atoms in total. The minimum absolute atomic E-state index is 0.0218. The van der Waals surface area contributed by atoms with Crippen molar-refractivity contribution in [3.8, 4) is 11.4 Å². The first kappa shape index (κ1) is 23.2. The molecular formula is C24H32N6O3. The monoisotopic (exact) mass is 452 g/mol. The van der Waals surface area contributed by atoms with Gasteiger partial charge in [0.25, 0.3) is 0 Å². The molecule has 1 aliphatic heterocycles. The maximum atomic E-state index is 9.56. The third kappa shape index (κ3) is 5.68. The van der Waals surface area contributed by atoms with E-state index >= 15 is 0 Å². The number of aromatic nitrogens is 4. The van der Waals surface area contributed by atoms with Crippen LogP contribution in [0.3, 0.4) is 0 Å². The third-order valence-electron chi connectivity index (χ3n) is 5.91. The molecule has 0 radical (unpaired) electrons. The highest BCUT2D eigenvalue weighted by Crippen LogP contribution is 2.28. The Morgan fingerprint density at radius 3 is 2.73 bits per heavy atom. The third-order valence-corrected chi connectivity index (χ3v) is 5.91. The molecule has 4 rings (SSSR count). The highest BCUT2D eigenvalue weighted by atomic mass is 16.5. The van der Waals surface area contributed by atoms with Crippen LogP contribution in [0.25, 0.3) is 22.6 Å². The van der Waals surface area contributed by atoms with Gasteiger partial charge in [-0.2, -0.15) is 0 Å². The molecule has 0 amide bonds. The van der Waals surface area contributed by atoms with Crippen molar-refractivity contribution in [2.45, 2.75) is 45.3 Å². The van der Waals surface area contributed by atoms with Gasteiger partial charge in [0.15, 0.2) is 22.8 Å². The number of benzene rings is 1. The lowest BCUT2D eigenvalue weighted by Gasteiger charge is -2.28. The van der Waals surface area contributed by atoms with Gasteiger partial charge in [-0.15, -0.1) is 0 Å². The summed E-state index contributed by atoms with van der Waals surface area (Å²) < 4.78 is 7.63. The fourth-order valence-electron chi connectivity index (χ4n) is 4.06. The van der Waals surface area contributed by atoms with E-state index in [-0.39, 0.29) is 6.61 Å². The molecule has 0 atom stereocenters. The van der Waals surface area contributed by atoms with Crippen molar-refractivity contribution in [2.24, 2.45) is 0 Å². The molecule has 1 aromatic carbocycles. The van der Waals surface area contributed by atoms with E-state index in [0.717, 1.165) is 79.8 Å². The molecule has 2 aromatic heterocycles. The number of unbranched alkanes of at least 4 members (excludes halogenated alkanes) is 3. The van der Waals surface area contributed by atoms with Crippen LogP contribution in [0.5, 0.6) is 0 Å². The number of ether oxygens (including phenoxy) is 1. The molecule has 0 saturated carbocycles. The number of aliphatic hydroxyl groups is 1. The molecule has 0 spiro atoms. The fraction of sp³-hybridized carbons (Fsp3) is 0.458. The molecule has 0 bridgehead atoms. The Kier molecular flexibility index (Phi) is 7.87. The summed E-state index contributed by atoms with van der Waals surface area (Å²) in [5.74, 6) is 1.47. The quantitative estimate of drug-likeness (QED) is 0.300. The lowest BCUT2D eigenvalue weighted by atomic mass is 10.1. The molecule has 176 valence electrons. The molecule has 3 heterocycles. The van der Waals surface area contributed by atoms with Gasteiger partial charge in [-0.25, -0.2) is 15.0 Å². The van der Waals surface area contributed by atoms with Crippen molar-refractivity contribution >= 4 is 17.0 Å². The van der Waals surface area contributed by atoms with Crippen molar-refractivity contribution in [1.29, 1.82) is 0 Å². The predicted molar refractivity (Wildman–Crippen MR) is 127 cm³/mol. The number of nitrogens with one attached hydrogen (secondary N) is 1. The van der Waals surface area contributed by atoms with Crippen LogP contribution in [0.4, 0.5) is 5.82 Å². The summed E-state index contributed by atoms with van der Waals surface area (Å²) in [7, 11) is 0. The molecule has 3 N–H and O–H groups in total. The van der Waals surface area contributed by atoms with Crippen molar-refractivity contribution in [2.75, 3.05) is 31.2 Å². The van der Waals surface area contributed by atoms with Crippen molar-refractivity contribution in [1.82, 2.24) is 25.0 Å². The normalized spacial score (nSPS) is 14.1. The van der Waals surface area contributed by atoms with Crippen LogP contribution in [0.2, 0.25) is 0 Å². The van der Waals surface area contributed by atoms with E-state index in [1.54, 1.807) is 0 Å². The molecule has 1 fully saturated rings. The van der Waals surface area contributed by atoms with Crippen LogP contribution in [-0.2, 0) is 17.9 Å². The van der Waals surface area contributed by atoms with Gasteiger partial charge in [0.1, 0.15) is 0 Å². The smallest absolute Gasteiger partial charge is 0.166 e. The second-order valence-corrected chi connectivity index (χ2v) is 8.32. The van der Waals surface area contributed by atoms with Crippen LogP contribution in [0, 0.1) is 0 Å². The minimum atomic E-state index is -0.0218. The average molecular weight is 453 g/mol. The number of nitrogens with zero attached hydrogens (tertiary/aromatic N) is 5. The van der Waals surface area contributed by atoms with E-state index in [9.17, 15) is 5.11 Å². The summed E-state index contributed by atoms with van der Waals surface area (Å²) in [5.41, 5.74) is 6.11. The van der Waals surface area contributed by atoms with E-state index in [2.05, 4.69) is 26.5 Å². The molecule has 0 unspecified atom stereocenters. The molecular weight excluding hydrogens is 420 g/mol. The first-order chi connectivity index (χ1) is 16.2. The van der Waals surface area contributed by atoms with E-state index < -0.39 is 0 Å². The van der Waals surface area contributed by atoms with Crippen molar-refractivity contribution in [3.63, 3.8) is 0 Å². The molecule has 3 aromatic rings. The van der Waals surface area contributed by atoms with Crippen LogP contribution in [0.1, 0.15) is 37.7 Å². The highest BCUT2D eigenvalue weighted by Gasteiger charge is 2.21. The first-order valence-electron chi connectivity index (χ1n) is 11.5. The number of rotatable bonds is 11. The van der Waals surface area contributed by atoms with Gasteiger partial charge in [0, 0.05) is 30.9 Å². The average Bonchev–Trinajstić information content (AvgIpc) is 3.28. The van der Waals surface area contributed by atoms with Gasteiger partial charge in [0.05, 0.1) is 26.1 Å². The number of imidazole rings is 1. The number of allylic oxidation sites excluding steroid dienone is 1. The minimum Gasteiger partial charge on any atom is -0.392 e. The van der Waals surface area contributed by atoms with E-state index in [0.29, 0.717) is 24.7 Å². The fourth-order valence-corrected chi connectivity index (χ4v) is 4.06. The number of hydrogen-bond acceptors (Lipinski definition) is 8. The first-order valence-corrected chi connectivity index (χ1v) is 11.5. The highest BCUT2D eigenvalue weighted by molar-refractivity contribution is 5.85. The van der Waals surface area contributed by atoms with E-state index in [4.69, 9.17) is 19.9 Å². The number of morpholine rings is 1. The molecule has 33 heavy (non-hydrogen) atoms. The second-order valence-electron chi connectivity index (χ2n) is 8.32. The van der Waals surface area contributed by atoms with Gasteiger partial charge >= 0.3 is 0 Å². The van der Waals surface area contributed by atoms with Crippen molar-refractivity contribution < 1.29 is 15.1 Å². The summed E-state index contributed by atoms with van der Waals surface area (Å²) in [6, 6.07) is 7.71. The standard InChI is InChI=1S/C24H32N6O3/c1-18(28-32)7-4-2-3-5-10-30-17-25-21-23(29-11-13-33-14-12-29)26-22(27-24(21)30)20-9-6-8-19(15-20)16-31/h6,8-9,15,17,28,31-32H,1-5,7,10-14,16H2. The Hall–Kier alpha value is -3.01. The summed E-state index contributed by atoms with van der Waals surface area (Å²) in [6.45, 7) is 7.41. The zero-order valence-electron chi connectivity index (χ0n) is 18.9. The zero-order valence-corrected chi connectivity index (χ0v) is 18.9. The van der Waals surface area contributed by atoms with Crippen LogP contribution in [0.15, 0.2) is 42.9 Å². The Morgan fingerprint density at radius 2 is 1.94 bits per heavy atom. The lowest BCUT2D eigenvalue weighted by molar-refractivity contribution is 0.122.